The summed E-state index contributed by atoms with van der Waals surface area (Å²) in [6.45, 7) is 0.487. The van der Waals surface area contributed by atoms with E-state index in [9.17, 15) is 14.4 Å². The van der Waals surface area contributed by atoms with Crippen LogP contribution in [0.3, 0.4) is 0 Å². The third-order valence-electron chi connectivity index (χ3n) is 4.83. The van der Waals surface area contributed by atoms with Crippen molar-refractivity contribution in [1.82, 2.24) is 25.9 Å². The summed E-state index contributed by atoms with van der Waals surface area (Å²) in [5.41, 5.74) is 1.55. The lowest BCUT2D eigenvalue weighted by Gasteiger charge is -2.30. The molecule has 4 rings (SSSR count). The minimum absolute atomic E-state index is 0.0108. The predicted octanol–water partition coefficient (Wildman–Crippen LogP) is 2.12. The van der Waals surface area contributed by atoms with E-state index < -0.39 is 17.5 Å². The van der Waals surface area contributed by atoms with Gasteiger partial charge in [0.05, 0.1) is 18.6 Å². The van der Waals surface area contributed by atoms with Crippen molar-refractivity contribution in [3.8, 4) is 0 Å². The zero-order valence-electron chi connectivity index (χ0n) is 15.5. The van der Waals surface area contributed by atoms with E-state index >= 15 is 0 Å². The zero-order valence-corrected chi connectivity index (χ0v) is 17.1. The minimum Gasteiger partial charge on any atom is -0.467 e. The van der Waals surface area contributed by atoms with Gasteiger partial charge < -0.3 is 15.1 Å². The molecule has 1 spiro atoms. The average Bonchev–Trinajstić information content (AvgIpc) is 3.44. The maximum Gasteiger partial charge on any atom is 0.344 e. The fourth-order valence-electron chi connectivity index (χ4n) is 3.42. The Balaban J connectivity index is 1.26. The van der Waals surface area contributed by atoms with Gasteiger partial charge in [0.2, 0.25) is 11.0 Å². The summed E-state index contributed by atoms with van der Waals surface area (Å²) in [4.78, 5) is 37.1. The molecule has 2 aromatic rings. The van der Waals surface area contributed by atoms with E-state index in [4.69, 9.17) is 4.42 Å². The van der Waals surface area contributed by atoms with E-state index in [0.29, 0.717) is 28.9 Å². The number of hydrogen-bond donors (Lipinski definition) is 3. The first-order valence-electron chi connectivity index (χ1n) is 9.24. The lowest BCUT2D eigenvalue weighted by Crippen LogP contribution is -2.51. The monoisotopic (exact) mass is 436 g/mol. The standard InChI is InChI=1S/C17H20N6O4S2/c24-12(22-23-13(25)17(19-15(23)26)6-2-1-3-7-17)10-28-16-21-20-14(29-16)18-9-11-5-4-8-27-11/h4-5,8H,1-3,6-7,9-10H2,(H,18,20)(H,19,26)(H,22,24). The van der Waals surface area contributed by atoms with E-state index in [-0.39, 0.29) is 11.7 Å². The first-order chi connectivity index (χ1) is 14.1. The Kier molecular flexibility index (Phi) is 5.72. The Morgan fingerprint density at radius 2 is 2.14 bits per heavy atom. The molecule has 2 aromatic heterocycles. The van der Waals surface area contributed by atoms with Crippen LogP contribution in [0, 0.1) is 0 Å². The van der Waals surface area contributed by atoms with Gasteiger partial charge in [-0.2, -0.15) is 5.01 Å². The number of aromatic nitrogens is 2. The lowest BCUT2D eigenvalue weighted by atomic mass is 9.82. The van der Waals surface area contributed by atoms with Crippen molar-refractivity contribution in [1.29, 1.82) is 0 Å². The number of nitrogens with zero attached hydrogens (tertiary/aromatic N) is 3. The van der Waals surface area contributed by atoms with E-state index in [2.05, 4.69) is 26.3 Å². The molecule has 0 unspecified atom stereocenters. The van der Waals surface area contributed by atoms with Crippen molar-refractivity contribution >= 4 is 46.1 Å². The molecule has 12 heteroatoms. The van der Waals surface area contributed by atoms with Crippen LogP contribution in [0.15, 0.2) is 27.2 Å². The fraction of sp³-hybridized carbons (Fsp3) is 0.471. The van der Waals surface area contributed by atoms with Crippen LogP contribution in [0.25, 0.3) is 0 Å². The molecule has 10 nitrogen and oxygen atoms in total. The fourth-order valence-corrected chi connectivity index (χ4v) is 4.96. The molecule has 3 heterocycles. The molecule has 1 saturated heterocycles. The number of carbonyl (C=O) groups is 3. The molecule has 29 heavy (non-hydrogen) atoms. The molecule has 0 bridgehead atoms. The normalized spacial score (nSPS) is 18.1. The molecule has 2 fully saturated rings. The van der Waals surface area contributed by atoms with E-state index in [1.165, 1.54) is 23.1 Å². The van der Waals surface area contributed by atoms with Gasteiger partial charge in [-0.25, -0.2) is 4.79 Å². The third-order valence-corrected chi connectivity index (χ3v) is 6.85. The molecule has 4 amide bonds. The van der Waals surface area contributed by atoms with Gasteiger partial charge in [0.1, 0.15) is 11.3 Å². The number of carbonyl (C=O) groups excluding carboxylic acids is 3. The maximum atomic E-state index is 12.7. The molecule has 1 aliphatic carbocycles. The molecule has 0 atom stereocenters. The molecular formula is C17H20N6O4S2. The van der Waals surface area contributed by atoms with Gasteiger partial charge in [0.25, 0.3) is 5.91 Å². The predicted molar refractivity (Wildman–Crippen MR) is 106 cm³/mol. The van der Waals surface area contributed by atoms with Crippen molar-refractivity contribution in [2.75, 3.05) is 11.1 Å². The van der Waals surface area contributed by atoms with Crippen molar-refractivity contribution in [3.05, 3.63) is 24.2 Å². The summed E-state index contributed by atoms with van der Waals surface area (Å²) in [5, 5.41) is 15.3. The number of furan rings is 1. The average molecular weight is 437 g/mol. The number of hydrazine groups is 1. The van der Waals surface area contributed by atoms with Crippen LogP contribution >= 0.6 is 23.1 Å². The Morgan fingerprint density at radius 1 is 1.31 bits per heavy atom. The number of anilines is 1. The summed E-state index contributed by atoms with van der Waals surface area (Å²) < 4.78 is 5.83. The molecule has 0 radical (unpaired) electrons. The third kappa shape index (κ3) is 4.37. The van der Waals surface area contributed by atoms with Crippen LogP contribution in [0.4, 0.5) is 9.93 Å². The topological polar surface area (TPSA) is 129 Å². The second-order valence-corrected chi connectivity index (χ2v) is 9.04. The number of imide groups is 1. The summed E-state index contributed by atoms with van der Waals surface area (Å²) in [6, 6.07) is 3.08. The molecule has 1 aliphatic heterocycles. The molecule has 0 aromatic carbocycles. The number of amides is 4. The highest BCUT2D eigenvalue weighted by atomic mass is 32.2. The van der Waals surface area contributed by atoms with Crippen LogP contribution in [0.2, 0.25) is 0 Å². The molecule has 2 aliphatic rings. The second kappa shape index (κ2) is 8.41. The largest absolute Gasteiger partial charge is 0.467 e. The first-order valence-corrected chi connectivity index (χ1v) is 11.0. The number of urea groups is 1. The van der Waals surface area contributed by atoms with E-state index in [1.807, 2.05) is 6.07 Å². The van der Waals surface area contributed by atoms with Gasteiger partial charge in [-0.05, 0) is 25.0 Å². The highest BCUT2D eigenvalue weighted by Gasteiger charge is 2.52. The molecule has 3 N–H and O–H groups in total. The van der Waals surface area contributed by atoms with Crippen LogP contribution in [-0.4, -0.2) is 44.3 Å². The van der Waals surface area contributed by atoms with Crippen molar-refractivity contribution in [3.63, 3.8) is 0 Å². The minimum atomic E-state index is -0.858. The summed E-state index contributed by atoms with van der Waals surface area (Å²) in [5.74, 6) is -0.0396. The van der Waals surface area contributed by atoms with Gasteiger partial charge >= 0.3 is 6.03 Å². The van der Waals surface area contributed by atoms with E-state index in [0.717, 1.165) is 30.0 Å². The van der Waals surface area contributed by atoms with Crippen molar-refractivity contribution in [2.45, 2.75) is 48.5 Å². The van der Waals surface area contributed by atoms with Crippen LogP contribution in [0.1, 0.15) is 37.9 Å². The van der Waals surface area contributed by atoms with Crippen molar-refractivity contribution in [2.24, 2.45) is 0 Å². The molecule has 154 valence electrons. The Bertz CT molecular complexity index is 894. The van der Waals surface area contributed by atoms with Crippen LogP contribution in [0.5, 0.6) is 0 Å². The number of hydrogen-bond acceptors (Lipinski definition) is 9. The number of thioether (sulfide) groups is 1. The molecule has 1 saturated carbocycles. The van der Waals surface area contributed by atoms with E-state index in [1.54, 1.807) is 12.3 Å². The lowest BCUT2D eigenvalue weighted by molar-refractivity contribution is -0.139. The number of rotatable bonds is 7. The van der Waals surface area contributed by atoms with Gasteiger partial charge in [-0.15, -0.1) is 10.2 Å². The molecular weight excluding hydrogens is 416 g/mol. The van der Waals surface area contributed by atoms with Gasteiger partial charge in [0, 0.05) is 0 Å². The summed E-state index contributed by atoms with van der Waals surface area (Å²) in [6.07, 6.45) is 5.63. The Hall–Kier alpha value is -2.60. The number of nitrogens with one attached hydrogen (secondary N) is 3. The Labute approximate surface area is 174 Å². The summed E-state index contributed by atoms with van der Waals surface area (Å²) in [7, 11) is 0. The smallest absolute Gasteiger partial charge is 0.344 e. The highest BCUT2D eigenvalue weighted by molar-refractivity contribution is 8.01. The van der Waals surface area contributed by atoms with Crippen molar-refractivity contribution < 1.29 is 18.8 Å². The van der Waals surface area contributed by atoms with Crippen LogP contribution < -0.4 is 16.1 Å². The van der Waals surface area contributed by atoms with Gasteiger partial charge in [0.15, 0.2) is 4.34 Å². The Morgan fingerprint density at radius 3 is 2.90 bits per heavy atom. The van der Waals surface area contributed by atoms with Gasteiger partial charge in [-0.1, -0.05) is 42.4 Å². The van der Waals surface area contributed by atoms with Crippen LogP contribution in [-0.2, 0) is 16.1 Å². The maximum absolute atomic E-state index is 12.7. The SMILES string of the molecule is O=C(CSc1nnc(NCc2ccco2)s1)NN1C(=O)NC2(CCCCC2)C1=O. The zero-order chi connectivity index (χ0) is 20.3. The van der Waals surface area contributed by atoms with Gasteiger partial charge in [-0.3, -0.25) is 15.0 Å². The summed E-state index contributed by atoms with van der Waals surface area (Å²) >= 11 is 2.49. The second-order valence-electron chi connectivity index (χ2n) is 6.84. The quantitative estimate of drug-likeness (QED) is 0.445. The first kappa shape index (κ1) is 19.7. The highest BCUT2D eigenvalue weighted by Crippen LogP contribution is 2.33.